The van der Waals surface area contributed by atoms with Crippen molar-refractivity contribution in [1.29, 1.82) is 0 Å². The zero-order valence-corrected chi connectivity index (χ0v) is 8.13. The van der Waals surface area contributed by atoms with E-state index in [1.807, 2.05) is 21.1 Å². The number of rotatable bonds is 1. The van der Waals surface area contributed by atoms with E-state index < -0.39 is 0 Å². The molecule has 12 heavy (non-hydrogen) atoms. The van der Waals surface area contributed by atoms with Gasteiger partial charge in [0.2, 0.25) is 5.76 Å². The van der Waals surface area contributed by atoms with Crippen molar-refractivity contribution >= 4 is 5.91 Å². The fourth-order valence-electron chi connectivity index (χ4n) is 0.731. The summed E-state index contributed by atoms with van der Waals surface area (Å²) in [6.07, 6.45) is 1.50. The minimum Gasteiger partial charge on any atom is -1.00 e. The van der Waals surface area contributed by atoms with Crippen molar-refractivity contribution < 1.29 is 26.1 Å². The summed E-state index contributed by atoms with van der Waals surface area (Å²) >= 11 is 0. The van der Waals surface area contributed by atoms with Crippen LogP contribution in [0.25, 0.3) is 0 Å². The minimum absolute atomic E-state index is 0. The quantitative estimate of drug-likeness (QED) is 0.485. The van der Waals surface area contributed by atoms with E-state index in [1.54, 1.807) is 12.1 Å². The van der Waals surface area contributed by atoms with Gasteiger partial charge >= 0.3 is 5.91 Å². The highest BCUT2D eigenvalue weighted by molar-refractivity contribution is 5.85. The molecule has 0 radical (unpaired) electrons. The van der Waals surface area contributed by atoms with Crippen LogP contribution < -0.4 is 12.4 Å². The van der Waals surface area contributed by atoms with Gasteiger partial charge in [0.25, 0.3) is 0 Å². The molecule has 0 unspecified atom stereocenters. The maximum atomic E-state index is 11.4. The normalized spacial score (nSPS) is 10.6. The topological polar surface area (TPSA) is 30.2 Å². The van der Waals surface area contributed by atoms with Crippen molar-refractivity contribution in [1.82, 2.24) is 0 Å². The Morgan fingerprint density at radius 2 is 2.00 bits per heavy atom. The maximum Gasteiger partial charge on any atom is 0.380 e. The summed E-state index contributed by atoms with van der Waals surface area (Å²) in [6.45, 7) is 0. The number of amides is 1. The summed E-state index contributed by atoms with van der Waals surface area (Å²) in [5, 5.41) is 0. The predicted molar refractivity (Wildman–Crippen MR) is 41.1 cm³/mol. The lowest BCUT2D eigenvalue weighted by atomic mass is 10.4. The molecule has 0 spiro atoms. The summed E-state index contributed by atoms with van der Waals surface area (Å²) in [6, 6.07) is 3.38. The number of quaternary nitrogens is 1. The summed E-state index contributed by atoms with van der Waals surface area (Å²) in [5.74, 6) is 0.396. The zero-order chi connectivity index (χ0) is 8.48. The second-order valence-electron chi connectivity index (χ2n) is 3.29. The van der Waals surface area contributed by atoms with Crippen LogP contribution in [0.15, 0.2) is 22.8 Å². The van der Waals surface area contributed by atoms with Gasteiger partial charge in [-0.1, -0.05) is 0 Å². The first kappa shape index (κ1) is 11.2. The zero-order valence-electron chi connectivity index (χ0n) is 7.37. The standard InChI is InChI=1S/C8H12NO2.ClH/c1-9(2,3)8(10)7-5-4-6-11-7;/h4-6H,1-3H3;1H/q+1;/p-1. The van der Waals surface area contributed by atoms with Gasteiger partial charge in [0.1, 0.15) is 0 Å². The molecule has 1 heterocycles. The van der Waals surface area contributed by atoms with Gasteiger partial charge in [-0.25, -0.2) is 4.79 Å². The number of halogens is 1. The van der Waals surface area contributed by atoms with Crippen molar-refractivity contribution in [2.75, 3.05) is 21.1 Å². The first-order valence-electron chi connectivity index (χ1n) is 3.41. The molecule has 1 rings (SSSR count). The number of nitrogens with zero attached hydrogens (tertiary/aromatic N) is 1. The summed E-state index contributed by atoms with van der Waals surface area (Å²) < 4.78 is 5.21. The van der Waals surface area contributed by atoms with Crippen molar-refractivity contribution in [2.24, 2.45) is 0 Å². The summed E-state index contributed by atoms with van der Waals surface area (Å²) in [5.41, 5.74) is 0. The van der Waals surface area contributed by atoms with Crippen molar-refractivity contribution in [3.05, 3.63) is 24.2 Å². The molecule has 68 valence electrons. The molecule has 0 atom stereocenters. The monoisotopic (exact) mass is 189 g/mol. The molecular formula is C8H12ClNO2. The third-order valence-electron chi connectivity index (χ3n) is 1.34. The van der Waals surface area contributed by atoms with E-state index in [4.69, 9.17) is 4.42 Å². The molecule has 0 bridgehead atoms. The molecule has 0 aliphatic rings. The van der Waals surface area contributed by atoms with Crippen LogP contribution in [-0.4, -0.2) is 31.5 Å². The van der Waals surface area contributed by atoms with Crippen molar-refractivity contribution in [2.45, 2.75) is 0 Å². The average Bonchev–Trinajstić information content (AvgIpc) is 2.34. The number of furan rings is 1. The van der Waals surface area contributed by atoms with Gasteiger partial charge in [0, 0.05) is 0 Å². The number of carbonyl (C=O) groups is 1. The molecule has 0 saturated heterocycles. The van der Waals surface area contributed by atoms with Crippen LogP contribution in [0.4, 0.5) is 0 Å². The Bertz CT molecular complexity index is 249. The Morgan fingerprint density at radius 1 is 1.42 bits per heavy atom. The molecule has 0 aliphatic carbocycles. The first-order chi connectivity index (χ1) is 5.02. The molecule has 4 heteroatoms. The van der Waals surface area contributed by atoms with E-state index in [0.29, 0.717) is 5.76 Å². The molecular weight excluding hydrogens is 178 g/mol. The Kier molecular flexibility index (Phi) is 3.49. The SMILES string of the molecule is C[N+](C)(C)C(=O)c1ccco1.[Cl-]. The molecule has 1 aromatic heterocycles. The van der Waals surface area contributed by atoms with Crippen LogP contribution in [0.5, 0.6) is 0 Å². The molecule has 0 saturated carbocycles. The van der Waals surface area contributed by atoms with Crippen LogP contribution in [0, 0.1) is 0 Å². The van der Waals surface area contributed by atoms with Gasteiger partial charge in [0.15, 0.2) is 0 Å². The van der Waals surface area contributed by atoms with Gasteiger partial charge < -0.3 is 16.8 Å². The maximum absolute atomic E-state index is 11.4. The number of hydrogen-bond acceptors (Lipinski definition) is 2. The Hall–Kier alpha value is -0.800. The minimum atomic E-state index is -0.0185. The Morgan fingerprint density at radius 3 is 2.33 bits per heavy atom. The second kappa shape index (κ2) is 3.74. The van der Waals surface area contributed by atoms with E-state index >= 15 is 0 Å². The molecule has 1 aromatic rings. The molecule has 3 nitrogen and oxygen atoms in total. The van der Waals surface area contributed by atoms with E-state index in [2.05, 4.69) is 0 Å². The fourth-order valence-corrected chi connectivity index (χ4v) is 0.731. The number of carbonyl (C=O) groups excluding carboxylic acids is 1. The van der Waals surface area contributed by atoms with E-state index in [-0.39, 0.29) is 22.8 Å². The third-order valence-corrected chi connectivity index (χ3v) is 1.34. The van der Waals surface area contributed by atoms with Crippen LogP contribution in [0.2, 0.25) is 0 Å². The van der Waals surface area contributed by atoms with Gasteiger partial charge in [0.05, 0.1) is 27.4 Å². The lowest BCUT2D eigenvalue weighted by molar-refractivity contribution is -0.785. The largest absolute Gasteiger partial charge is 1.00 e. The summed E-state index contributed by atoms with van der Waals surface area (Å²) in [4.78, 5) is 11.4. The van der Waals surface area contributed by atoms with Gasteiger partial charge in [-0.15, -0.1) is 0 Å². The van der Waals surface area contributed by atoms with Gasteiger partial charge in [-0.05, 0) is 12.1 Å². The van der Waals surface area contributed by atoms with E-state index in [9.17, 15) is 4.79 Å². The van der Waals surface area contributed by atoms with Crippen LogP contribution in [0.1, 0.15) is 10.6 Å². The third kappa shape index (κ3) is 2.36. The van der Waals surface area contributed by atoms with Gasteiger partial charge in [-0.3, -0.25) is 4.48 Å². The molecule has 0 fully saturated rings. The fraction of sp³-hybridized carbons (Fsp3) is 0.375. The lowest BCUT2D eigenvalue weighted by Crippen LogP contribution is -3.00. The number of hydrogen-bond donors (Lipinski definition) is 0. The van der Waals surface area contributed by atoms with Gasteiger partial charge in [-0.2, -0.15) is 0 Å². The summed E-state index contributed by atoms with van der Waals surface area (Å²) in [7, 11) is 5.43. The van der Waals surface area contributed by atoms with Crippen molar-refractivity contribution in [3.63, 3.8) is 0 Å². The van der Waals surface area contributed by atoms with Crippen LogP contribution in [-0.2, 0) is 0 Å². The highest BCUT2D eigenvalue weighted by Crippen LogP contribution is 2.06. The average molecular weight is 190 g/mol. The second-order valence-corrected chi connectivity index (χ2v) is 3.29. The van der Waals surface area contributed by atoms with Crippen molar-refractivity contribution in [3.8, 4) is 0 Å². The molecule has 0 aromatic carbocycles. The smallest absolute Gasteiger partial charge is 0.380 e. The molecule has 1 amide bonds. The molecule has 0 aliphatic heterocycles. The van der Waals surface area contributed by atoms with Crippen LogP contribution in [0.3, 0.4) is 0 Å². The Balaban J connectivity index is 0.00000121. The Labute approximate surface area is 78.0 Å². The van der Waals surface area contributed by atoms with E-state index in [0.717, 1.165) is 0 Å². The van der Waals surface area contributed by atoms with E-state index in [1.165, 1.54) is 6.26 Å². The first-order valence-corrected chi connectivity index (χ1v) is 3.41. The highest BCUT2D eigenvalue weighted by atomic mass is 35.5. The lowest BCUT2D eigenvalue weighted by Gasteiger charge is -2.18. The highest BCUT2D eigenvalue weighted by Gasteiger charge is 2.24. The predicted octanol–water partition coefficient (Wildman–Crippen LogP) is -1.87. The molecule has 0 N–H and O–H groups in total. The van der Waals surface area contributed by atoms with Crippen LogP contribution >= 0.6 is 0 Å².